The van der Waals surface area contributed by atoms with Crippen molar-refractivity contribution in [2.45, 2.75) is 32.9 Å². The van der Waals surface area contributed by atoms with Crippen molar-refractivity contribution in [3.8, 4) is 5.75 Å². The summed E-state index contributed by atoms with van der Waals surface area (Å²) >= 11 is 0. The van der Waals surface area contributed by atoms with Gasteiger partial charge in [-0.15, -0.1) is 0 Å². The minimum absolute atomic E-state index is 0.0165. The molecule has 0 spiro atoms. The summed E-state index contributed by atoms with van der Waals surface area (Å²) < 4.78 is 5.49. The molecule has 0 bridgehead atoms. The van der Waals surface area contributed by atoms with E-state index >= 15 is 0 Å². The second kappa shape index (κ2) is 5.48. The molecule has 19 heavy (non-hydrogen) atoms. The van der Waals surface area contributed by atoms with Gasteiger partial charge < -0.3 is 20.5 Å². The van der Waals surface area contributed by atoms with Crippen molar-refractivity contribution in [1.29, 1.82) is 0 Å². The number of nitrogens with one attached hydrogen (secondary N) is 2. The summed E-state index contributed by atoms with van der Waals surface area (Å²) in [6, 6.07) is 5.51. The molecule has 2 rings (SSSR count). The van der Waals surface area contributed by atoms with E-state index in [-0.39, 0.29) is 18.6 Å². The monoisotopic (exact) mass is 264 g/mol. The van der Waals surface area contributed by atoms with Gasteiger partial charge in [-0.05, 0) is 31.0 Å². The molecular weight excluding hydrogens is 244 g/mol. The van der Waals surface area contributed by atoms with Crippen LogP contribution in [0.2, 0.25) is 0 Å². The Morgan fingerprint density at radius 2 is 2.21 bits per heavy atom. The Labute approximate surface area is 113 Å². The molecule has 3 N–H and O–H groups in total. The van der Waals surface area contributed by atoms with Gasteiger partial charge in [0.2, 0.25) is 0 Å². The molecule has 104 valence electrons. The molecule has 0 saturated carbocycles. The summed E-state index contributed by atoms with van der Waals surface area (Å²) in [5.41, 5.74) is 1.51. The molecule has 1 aliphatic heterocycles. The van der Waals surface area contributed by atoms with Crippen molar-refractivity contribution in [3.05, 3.63) is 18.2 Å². The lowest BCUT2D eigenvalue weighted by molar-refractivity contribution is -0.122. The summed E-state index contributed by atoms with van der Waals surface area (Å²) in [5.74, 6) is 0.835. The van der Waals surface area contributed by atoms with E-state index in [1.165, 1.54) is 0 Å². The van der Waals surface area contributed by atoms with E-state index < -0.39 is 6.10 Å². The number of anilines is 2. The van der Waals surface area contributed by atoms with Crippen LogP contribution in [0.3, 0.4) is 0 Å². The van der Waals surface area contributed by atoms with Crippen LogP contribution in [0.5, 0.6) is 5.75 Å². The van der Waals surface area contributed by atoms with Gasteiger partial charge in [-0.2, -0.15) is 0 Å². The van der Waals surface area contributed by atoms with Gasteiger partial charge in [-0.25, -0.2) is 0 Å². The average Bonchev–Trinajstić information content (AvgIpc) is 2.37. The predicted octanol–water partition coefficient (Wildman–Crippen LogP) is 1.83. The van der Waals surface area contributed by atoms with Crippen LogP contribution in [0.25, 0.3) is 0 Å². The van der Waals surface area contributed by atoms with Crippen LogP contribution >= 0.6 is 0 Å². The maximum atomic E-state index is 11.6. The molecule has 0 saturated heterocycles. The van der Waals surface area contributed by atoms with Crippen molar-refractivity contribution in [2.24, 2.45) is 5.92 Å². The highest BCUT2D eigenvalue weighted by molar-refractivity contribution is 5.98. The molecule has 0 aliphatic carbocycles. The number of benzene rings is 1. The fourth-order valence-electron chi connectivity index (χ4n) is 1.94. The quantitative estimate of drug-likeness (QED) is 0.776. The standard InChI is InChI=1S/C14H20N2O3/c1-8(2)12(7-17)15-10-4-5-13-11(6-10)16-14(18)9(3)19-13/h4-6,8-9,12,15,17H,7H2,1-3H3,(H,16,18). The number of aliphatic hydroxyl groups is 1. The molecule has 0 aromatic heterocycles. The molecule has 1 aliphatic rings. The molecule has 5 heteroatoms. The Balaban J connectivity index is 2.17. The smallest absolute Gasteiger partial charge is 0.265 e. The Hall–Kier alpha value is -1.75. The fraction of sp³-hybridized carbons (Fsp3) is 0.500. The Morgan fingerprint density at radius 1 is 1.47 bits per heavy atom. The number of aliphatic hydroxyl groups excluding tert-OH is 1. The highest BCUT2D eigenvalue weighted by atomic mass is 16.5. The molecule has 0 radical (unpaired) electrons. The summed E-state index contributed by atoms with van der Waals surface area (Å²) in [6.07, 6.45) is -0.466. The summed E-state index contributed by atoms with van der Waals surface area (Å²) in [4.78, 5) is 11.6. The van der Waals surface area contributed by atoms with Gasteiger partial charge in [-0.1, -0.05) is 13.8 Å². The zero-order chi connectivity index (χ0) is 14.0. The SMILES string of the molecule is CC1Oc2ccc(NC(CO)C(C)C)cc2NC1=O. The second-order valence-electron chi connectivity index (χ2n) is 5.14. The second-order valence-corrected chi connectivity index (χ2v) is 5.14. The highest BCUT2D eigenvalue weighted by Crippen LogP contribution is 2.32. The zero-order valence-electron chi connectivity index (χ0n) is 11.4. The largest absolute Gasteiger partial charge is 0.479 e. The first-order valence-electron chi connectivity index (χ1n) is 6.50. The third-order valence-electron chi connectivity index (χ3n) is 3.26. The first-order chi connectivity index (χ1) is 9.01. The summed E-state index contributed by atoms with van der Waals surface area (Å²) in [5, 5.41) is 15.4. The minimum atomic E-state index is -0.466. The van der Waals surface area contributed by atoms with Gasteiger partial charge in [0.05, 0.1) is 18.3 Å². The maximum Gasteiger partial charge on any atom is 0.265 e. The number of hydrogen-bond donors (Lipinski definition) is 3. The van der Waals surface area contributed by atoms with Crippen LogP contribution in [-0.2, 0) is 4.79 Å². The van der Waals surface area contributed by atoms with Gasteiger partial charge >= 0.3 is 0 Å². The predicted molar refractivity (Wildman–Crippen MR) is 74.5 cm³/mol. The van der Waals surface area contributed by atoms with Gasteiger partial charge in [0.15, 0.2) is 6.10 Å². The molecule has 1 amide bonds. The molecule has 1 heterocycles. The Bertz CT molecular complexity index is 474. The number of fused-ring (bicyclic) bond motifs is 1. The normalized spacial score (nSPS) is 19.4. The van der Waals surface area contributed by atoms with E-state index in [0.29, 0.717) is 17.4 Å². The third kappa shape index (κ3) is 2.98. The minimum Gasteiger partial charge on any atom is -0.479 e. The van der Waals surface area contributed by atoms with Crippen LogP contribution in [0.4, 0.5) is 11.4 Å². The molecule has 2 unspecified atom stereocenters. The number of carbonyl (C=O) groups excluding carboxylic acids is 1. The third-order valence-corrected chi connectivity index (χ3v) is 3.26. The van der Waals surface area contributed by atoms with E-state index in [9.17, 15) is 9.90 Å². The molecule has 0 fully saturated rings. The number of ether oxygens (including phenoxy) is 1. The van der Waals surface area contributed by atoms with Crippen LogP contribution in [0.15, 0.2) is 18.2 Å². The van der Waals surface area contributed by atoms with Crippen molar-refractivity contribution < 1.29 is 14.6 Å². The molecular formula is C14H20N2O3. The first kappa shape index (κ1) is 13.7. The van der Waals surface area contributed by atoms with Crippen LogP contribution in [0, 0.1) is 5.92 Å². The maximum absolute atomic E-state index is 11.6. The topological polar surface area (TPSA) is 70.6 Å². The van der Waals surface area contributed by atoms with Crippen molar-refractivity contribution in [2.75, 3.05) is 17.2 Å². The lowest BCUT2D eigenvalue weighted by Crippen LogP contribution is -2.34. The Kier molecular flexibility index (Phi) is 3.95. The van der Waals surface area contributed by atoms with E-state index in [4.69, 9.17) is 4.74 Å². The van der Waals surface area contributed by atoms with Crippen LogP contribution in [0.1, 0.15) is 20.8 Å². The summed E-state index contributed by atoms with van der Waals surface area (Å²) in [6.45, 7) is 5.86. The summed E-state index contributed by atoms with van der Waals surface area (Å²) in [7, 11) is 0. The number of carbonyl (C=O) groups is 1. The van der Waals surface area contributed by atoms with Crippen molar-refractivity contribution >= 4 is 17.3 Å². The molecule has 1 aromatic carbocycles. The van der Waals surface area contributed by atoms with Gasteiger partial charge in [0, 0.05) is 5.69 Å². The van der Waals surface area contributed by atoms with Crippen molar-refractivity contribution in [3.63, 3.8) is 0 Å². The first-order valence-corrected chi connectivity index (χ1v) is 6.50. The van der Waals surface area contributed by atoms with Crippen LogP contribution in [-0.4, -0.2) is 29.8 Å². The molecule has 5 nitrogen and oxygen atoms in total. The fourth-order valence-corrected chi connectivity index (χ4v) is 1.94. The van der Waals surface area contributed by atoms with Crippen molar-refractivity contribution in [1.82, 2.24) is 0 Å². The lowest BCUT2D eigenvalue weighted by Gasteiger charge is -2.25. The van der Waals surface area contributed by atoms with E-state index in [0.717, 1.165) is 5.69 Å². The van der Waals surface area contributed by atoms with Gasteiger partial charge in [-0.3, -0.25) is 4.79 Å². The highest BCUT2D eigenvalue weighted by Gasteiger charge is 2.23. The Morgan fingerprint density at radius 3 is 2.84 bits per heavy atom. The zero-order valence-corrected chi connectivity index (χ0v) is 11.4. The number of hydrogen-bond acceptors (Lipinski definition) is 4. The number of amides is 1. The van der Waals surface area contributed by atoms with Gasteiger partial charge in [0.25, 0.3) is 5.91 Å². The van der Waals surface area contributed by atoms with Crippen LogP contribution < -0.4 is 15.4 Å². The molecule has 2 atom stereocenters. The van der Waals surface area contributed by atoms with Gasteiger partial charge in [0.1, 0.15) is 5.75 Å². The van der Waals surface area contributed by atoms with E-state index in [1.54, 1.807) is 6.92 Å². The van der Waals surface area contributed by atoms with E-state index in [1.807, 2.05) is 32.0 Å². The average molecular weight is 264 g/mol. The molecule has 1 aromatic rings. The van der Waals surface area contributed by atoms with E-state index in [2.05, 4.69) is 10.6 Å². The lowest BCUT2D eigenvalue weighted by atomic mass is 10.0. The number of rotatable bonds is 4.